The van der Waals surface area contributed by atoms with Crippen LogP contribution in [0.5, 0.6) is 5.75 Å². The topological polar surface area (TPSA) is 51.2 Å². The van der Waals surface area contributed by atoms with Gasteiger partial charge in [0, 0.05) is 17.4 Å². The minimum atomic E-state index is -0.128. The van der Waals surface area contributed by atoms with Gasteiger partial charge in [-0.3, -0.25) is 4.79 Å². The molecule has 0 spiro atoms. The Labute approximate surface area is 146 Å². The molecule has 118 valence electrons. The van der Waals surface area contributed by atoms with E-state index in [0.717, 1.165) is 15.0 Å². The van der Waals surface area contributed by atoms with Crippen molar-refractivity contribution in [3.8, 4) is 5.75 Å². The van der Waals surface area contributed by atoms with Gasteiger partial charge in [-0.2, -0.15) is 0 Å². The third-order valence-corrected chi connectivity index (χ3v) is 5.17. The zero-order valence-corrected chi connectivity index (χ0v) is 14.9. The molecule has 0 saturated heterocycles. The number of fused-ring (bicyclic) bond motifs is 1. The van der Waals surface area contributed by atoms with Crippen molar-refractivity contribution >= 4 is 43.4 Å². The van der Waals surface area contributed by atoms with Crippen LogP contribution in [0.2, 0.25) is 0 Å². The van der Waals surface area contributed by atoms with E-state index in [-0.39, 0.29) is 5.91 Å². The van der Waals surface area contributed by atoms with E-state index < -0.39 is 0 Å². The van der Waals surface area contributed by atoms with E-state index in [0.29, 0.717) is 24.3 Å². The maximum absolute atomic E-state index is 12.3. The SMILES string of the molecule is COc1ccc(Br)c(C(=O)NCCc2nc3ccccc3s2)c1. The Balaban J connectivity index is 1.63. The van der Waals surface area contributed by atoms with Crippen molar-refractivity contribution in [2.45, 2.75) is 6.42 Å². The van der Waals surface area contributed by atoms with Crippen LogP contribution in [0, 0.1) is 0 Å². The van der Waals surface area contributed by atoms with E-state index in [2.05, 4.69) is 32.3 Å². The Kier molecular flexibility index (Phi) is 4.93. The second-order valence-electron chi connectivity index (χ2n) is 4.93. The minimum absolute atomic E-state index is 0.128. The number of carbonyl (C=O) groups excluding carboxylic acids is 1. The van der Waals surface area contributed by atoms with E-state index in [9.17, 15) is 4.79 Å². The first kappa shape index (κ1) is 16.0. The highest BCUT2D eigenvalue weighted by Gasteiger charge is 2.11. The molecule has 0 aliphatic rings. The van der Waals surface area contributed by atoms with Crippen LogP contribution in [0.25, 0.3) is 10.2 Å². The molecule has 4 nitrogen and oxygen atoms in total. The Bertz CT molecular complexity index is 814. The van der Waals surface area contributed by atoms with Crippen LogP contribution >= 0.6 is 27.3 Å². The number of nitrogens with zero attached hydrogens (tertiary/aromatic N) is 1. The standard InChI is InChI=1S/C17H15BrN2O2S/c1-22-11-6-7-13(18)12(10-11)17(21)19-9-8-16-20-14-4-2-3-5-15(14)23-16/h2-7,10H,8-9H2,1H3,(H,19,21). The van der Waals surface area contributed by atoms with Crippen LogP contribution in [0.4, 0.5) is 0 Å². The van der Waals surface area contributed by atoms with Gasteiger partial charge in [-0.05, 0) is 46.3 Å². The molecule has 23 heavy (non-hydrogen) atoms. The molecule has 2 aromatic carbocycles. The van der Waals surface area contributed by atoms with Gasteiger partial charge in [-0.15, -0.1) is 11.3 Å². The Morgan fingerprint density at radius 2 is 2.13 bits per heavy atom. The van der Waals surface area contributed by atoms with Crippen molar-refractivity contribution < 1.29 is 9.53 Å². The normalized spacial score (nSPS) is 10.7. The van der Waals surface area contributed by atoms with Gasteiger partial charge in [0.1, 0.15) is 5.75 Å². The summed E-state index contributed by atoms with van der Waals surface area (Å²) in [5, 5.41) is 3.95. The predicted octanol–water partition coefficient (Wildman–Crippen LogP) is 4.04. The number of ether oxygens (including phenoxy) is 1. The largest absolute Gasteiger partial charge is 0.497 e. The van der Waals surface area contributed by atoms with Crippen molar-refractivity contribution in [1.82, 2.24) is 10.3 Å². The number of nitrogens with one attached hydrogen (secondary N) is 1. The summed E-state index contributed by atoms with van der Waals surface area (Å²) in [7, 11) is 1.58. The van der Waals surface area contributed by atoms with Crippen LogP contribution in [0.1, 0.15) is 15.4 Å². The monoisotopic (exact) mass is 390 g/mol. The zero-order chi connectivity index (χ0) is 16.2. The number of benzene rings is 2. The molecule has 0 bridgehead atoms. The van der Waals surface area contributed by atoms with E-state index in [1.165, 1.54) is 4.70 Å². The number of thiazole rings is 1. The molecule has 0 aliphatic carbocycles. The molecular formula is C17H15BrN2O2S. The highest BCUT2D eigenvalue weighted by Crippen LogP contribution is 2.23. The quantitative estimate of drug-likeness (QED) is 0.714. The van der Waals surface area contributed by atoms with E-state index in [1.54, 1.807) is 30.6 Å². The molecule has 1 amide bonds. The smallest absolute Gasteiger partial charge is 0.252 e. The molecule has 0 aliphatic heterocycles. The lowest BCUT2D eigenvalue weighted by molar-refractivity contribution is 0.0953. The lowest BCUT2D eigenvalue weighted by Crippen LogP contribution is -2.26. The maximum Gasteiger partial charge on any atom is 0.252 e. The van der Waals surface area contributed by atoms with Crippen molar-refractivity contribution in [3.05, 3.63) is 57.5 Å². The summed E-state index contributed by atoms with van der Waals surface area (Å²) in [6.07, 6.45) is 0.715. The highest BCUT2D eigenvalue weighted by atomic mass is 79.9. The second kappa shape index (κ2) is 7.10. The molecule has 0 radical (unpaired) electrons. The van der Waals surface area contributed by atoms with Crippen molar-refractivity contribution in [1.29, 1.82) is 0 Å². The number of rotatable bonds is 5. The van der Waals surface area contributed by atoms with Crippen LogP contribution < -0.4 is 10.1 Å². The number of methoxy groups -OCH3 is 1. The Hall–Kier alpha value is -1.92. The number of halogens is 1. The summed E-state index contributed by atoms with van der Waals surface area (Å²) in [6, 6.07) is 13.4. The van der Waals surface area contributed by atoms with E-state index >= 15 is 0 Å². The zero-order valence-electron chi connectivity index (χ0n) is 12.5. The molecular weight excluding hydrogens is 376 g/mol. The van der Waals surface area contributed by atoms with Gasteiger partial charge in [-0.25, -0.2) is 4.98 Å². The average Bonchev–Trinajstić information content (AvgIpc) is 2.98. The fourth-order valence-electron chi connectivity index (χ4n) is 2.21. The van der Waals surface area contributed by atoms with Crippen LogP contribution in [0.3, 0.4) is 0 Å². The molecule has 3 rings (SSSR count). The highest BCUT2D eigenvalue weighted by molar-refractivity contribution is 9.10. The number of hydrogen-bond donors (Lipinski definition) is 1. The third kappa shape index (κ3) is 3.71. The number of carbonyl (C=O) groups is 1. The summed E-state index contributed by atoms with van der Waals surface area (Å²) in [6.45, 7) is 0.544. The first-order chi connectivity index (χ1) is 11.2. The van der Waals surface area contributed by atoms with Gasteiger partial charge in [0.15, 0.2) is 0 Å². The lowest BCUT2D eigenvalue weighted by atomic mass is 10.2. The molecule has 0 fully saturated rings. The van der Waals surface area contributed by atoms with E-state index in [4.69, 9.17) is 4.74 Å². The van der Waals surface area contributed by atoms with Gasteiger partial charge in [0.25, 0.3) is 5.91 Å². The summed E-state index contributed by atoms with van der Waals surface area (Å²) < 4.78 is 7.08. The van der Waals surface area contributed by atoms with Gasteiger partial charge < -0.3 is 10.1 Å². The Morgan fingerprint density at radius 3 is 2.91 bits per heavy atom. The number of para-hydroxylation sites is 1. The first-order valence-electron chi connectivity index (χ1n) is 7.13. The van der Waals surface area contributed by atoms with Gasteiger partial charge in [0.2, 0.25) is 0 Å². The number of aromatic nitrogens is 1. The van der Waals surface area contributed by atoms with Gasteiger partial charge in [-0.1, -0.05) is 12.1 Å². The fraction of sp³-hybridized carbons (Fsp3) is 0.176. The molecule has 0 saturated carbocycles. The minimum Gasteiger partial charge on any atom is -0.497 e. The Morgan fingerprint density at radius 1 is 1.30 bits per heavy atom. The molecule has 1 N–H and O–H groups in total. The van der Waals surface area contributed by atoms with E-state index in [1.807, 2.05) is 24.3 Å². The van der Waals surface area contributed by atoms with Gasteiger partial charge in [0.05, 0.1) is 27.9 Å². The summed E-state index contributed by atoms with van der Waals surface area (Å²) in [5.74, 6) is 0.529. The third-order valence-electron chi connectivity index (χ3n) is 3.38. The molecule has 6 heteroatoms. The summed E-state index contributed by atoms with van der Waals surface area (Å²) in [4.78, 5) is 16.8. The van der Waals surface area contributed by atoms with Crippen LogP contribution in [-0.2, 0) is 6.42 Å². The molecule has 1 aromatic heterocycles. The maximum atomic E-state index is 12.3. The summed E-state index contributed by atoms with van der Waals surface area (Å²) in [5.41, 5.74) is 1.57. The fourth-order valence-corrected chi connectivity index (χ4v) is 3.60. The van der Waals surface area contributed by atoms with Crippen LogP contribution in [-0.4, -0.2) is 24.5 Å². The molecule has 0 unspecified atom stereocenters. The molecule has 3 aromatic rings. The first-order valence-corrected chi connectivity index (χ1v) is 8.74. The van der Waals surface area contributed by atoms with Crippen molar-refractivity contribution in [2.24, 2.45) is 0 Å². The van der Waals surface area contributed by atoms with Crippen molar-refractivity contribution in [3.63, 3.8) is 0 Å². The summed E-state index contributed by atoms with van der Waals surface area (Å²) >= 11 is 5.06. The number of hydrogen-bond acceptors (Lipinski definition) is 4. The number of amides is 1. The lowest BCUT2D eigenvalue weighted by Gasteiger charge is -2.08. The average molecular weight is 391 g/mol. The molecule has 1 heterocycles. The van der Waals surface area contributed by atoms with Crippen LogP contribution in [0.15, 0.2) is 46.9 Å². The predicted molar refractivity (Wildman–Crippen MR) is 96.4 cm³/mol. The molecule has 0 atom stereocenters. The van der Waals surface area contributed by atoms with Crippen molar-refractivity contribution in [2.75, 3.05) is 13.7 Å². The second-order valence-corrected chi connectivity index (χ2v) is 6.90. The van der Waals surface area contributed by atoms with Gasteiger partial charge >= 0.3 is 0 Å².